The molecule has 0 spiro atoms. The lowest BCUT2D eigenvalue weighted by Crippen LogP contribution is -2.45. The normalized spacial score (nSPS) is 17.1. The average molecular weight is 368 g/mol. The minimum absolute atomic E-state index is 0.229. The predicted molar refractivity (Wildman–Crippen MR) is 90.5 cm³/mol. The Hall–Kier alpha value is -2.12. The zero-order valence-corrected chi connectivity index (χ0v) is 14.3. The van der Waals surface area contributed by atoms with Crippen molar-refractivity contribution in [1.29, 1.82) is 0 Å². The van der Waals surface area contributed by atoms with Gasteiger partial charge in [-0.05, 0) is 41.8 Å². The van der Waals surface area contributed by atoms with Crippen LogP contribution in [0.4, 0.5) is 17.6 Å². The van der Waals surface area contributed by atoms with Gasteiger partial charge in [0.15, 0.2) is 0 Å². The Morgan fingerprint density at radius 3 is 2.31 bits per heavy atom. The van der Waals surface area contributed by atoms with Crippen LogP contribution in [0.3, 0.4) is 0 Å². The van der Waals surface area contributed by atoms with Gasteiger partial charge in [0.25, 0.3) is 0 Å². The molecule has 140 valence electrons. The van der Waals surface area contributed by atoms with E-state index >= 15 is 0 Å². The Morgan fingerprint density at radius 2 is 1.69 bits per heavy atom. The molecule has 0 bridgehead atoms. The van der Waals surface area contributed by atoms with Crippen molar-refractivity contribution in [2.75, 3.05) is 26.2 Å². The molecular weight excluding hydrogens is 348 g/mol. The average Bonchev–Trinajstić information content (AvgIpc) is 2.60. The fourth-order valence-electron chi connectivity index (χ4n) is 3.30. The van der Waals surface area contributed by atoms with Crippen LogP contribution < -0.4 is 10.1 Å². The first-order valence-electron chi connectivity index (χ1n) is 8.40. The third-order valence-electron chi connectivity index (χ3n) is 4.55. The number of nitrogens with one attached hydrogen (secondary N) is 1. The van der Waals surface area contributed by atoms with Gasteiger partial charge in [-0.15, -0.1) is 13.2 Å². The molecule has 3 rings (SSSR count). The standard InChI is InChI=1S/C19H20F4N2O/c1-13-16(3-2-4-17(13)20)18(25-11-9-24-10-12-25)14-5-7-15(8-6-14)26-19(21,22)23/h2-8,18,24H,9-12H2,1H3/t18-/m1/s1. The number of benzene rings is 2. The molecule has 0 saturated carbocycles. The number of piperazine rings is 1. The maximum absolute atomic E-state index is 14.1. The number of rotatable bonds is 4. The summed E-state index contributed by atoms with van der Waals surface area (Å²) in [5, 5.41) is 3.27. The van der Waals surface area contributed by atoms with Gasteiger partial charge in [-0.2, -0.15) is 0 Å². The highest BCUT2D eigenvalue weighted by Gasteiger charge is 2.31. The van der Waals surface area contributed by atoms with E-state index in [1.165, 1.54) is 18.2 Å². The van der Waals surface area contributed by atoms with Crippen molar-refractivity contribution in [3.63, 3.8) is 0 Å². The van der Waals surface area contributed by atoms with Crippen molar-refractivity contribution in [2.24, 2.45) is 0 Å². The minimum Gasteiger partial charge on any atom is -0.406 e. The molecule has 1 fully saturated rings. The number of ether oxygens (including phenoxy) is 1. The number of alkyl halides is 3. The predicted octanol–water partition coefficient (Wildman–Crippen LogP) is 4.03. The summed E-state index contributed by atoms with van der Waals surface area (Å²) in [6.07, 6.45) is -4.72. The molecule has 1 atom stereocenters. The van der Waals surface area contributed by atoms with E-state index in [4.69, 9.17) is 0 Å². The third-order valence-corrected chi connectivity index (χ3v) is 4.55. The second-order valence-electron chi connectivity index (χ2n) is 6.26. The first-order valence-corrected chi connectivity index (χ1v) is 8.40. The molecule has 0 unspecified atom stereocenters. The Labute approximate surface area is 149 Å². The molecule has 1 saturated heterocycles. The van der Waals surface area contributed by atoms with E-state index in [1.807, 2.05) is 6.07 Å². The quantitative estimate of drug-likeness (QED) is 0.825. The lowest BCUT2D eigenvalue weighted by Gasteiger charge is -2.36. The zero-order valence-electron chi connectivity index (χ0n) is 14.3. The summed E-state index contributed by atoms with van der Waals surface area (Å²) in [5.74, 6) is -0.559. The van der Waals surface area contributed by atoms with Gasteiger partial charge in [-0.3, -0.25) is 4.90 Å². The Balaban J connectivity index is 1.96. The Kier molecular flexibility index (Phi) is 5.48. The SMILES string of the molecule is Cc1c(F)cccc1[C@@H](c1ccc(OC(F)(F)F)cc1)N1CCNCC1. The van der Waals surface area contributed by atoms with Gasteiger partial charge < -0.3 is 10.1 Å². The van der Waals surface area contributed by atoms with E-state index in [0.717, 1.165) is 37.3 Å². The van der Waals surface area contributed by atoms with Crippen LogP contribution >= 0.6 is 0 Å². The van der Waals surface area contributed by atoms with Crippen LogP contribution in [-0.4, -0.2) is 37.4 Å². The molecule has 1 aliphatic rings. The fourth-order valence-corrected chi connectivity index (χ4v) is 3.30. The van der Waals surface area contributed by atoms with E-state index in [2.05, 4.69) is 15.0 Å². The first kappa shape index (κ1) is 18.7. The highest BCUT2D eigenvalue weighted by Crippen LogP contribution is 2.33. The van der Waals surface area contributed by atoms with Crippen molar-refractivity contribution in [1.82, 2.24) is 10.2 Å². The van der Waals surface area contributed by atoms with Crippen molar-refractivity contribution >= 4 is 0 Å². The number of halogens is 4. The molecular formula is C19H20F4N2O. The van der Waals surface area contributed by atoms with Gasteiger partial charge in [0.2, 0.25) is 0 Å². The molecule has 26 heavy (non-hydrogen) atoms. The lowest BCUT2D eigenvalue weighted by molar-refractivity contribution is -0.274. The minimum atomic E-state index is -4.72. The Bertz CT molecular complexity index is 740. The smallest absolute Gasteiger partial charge is 0.406 e. The van der Waals surface area contributed by atoms with Crippen LogP contribution in [0.1, 0.15) is 22.7 Å². The van der Waals surface area contributed by atoms with Crippen LogP contribution in [0.15, 0.2) is 42.5 Å². The van der Waals surface area contributed by atoms with Gasteiger partial charge >= 0.3 is 6.36 Å². The highest BCUT2D eigenvalue weighted by molar-refractivity contribution is 5.39. The highest BCUT2D eigenvalue weighted by atomic mass is 19.4. The molecule has 1 N–H and O–H groups in total. The van der Waals surface area contributed by atoms with Gasteiger partial charge in [-0.25, -0.2) is 4.39 Å². The summed E-state index contributed by atoms with van der Waals surface area (Å²) in [6, 6.07) is 10.5. The first-order chi connectivity index (χ1) is 12.3. The lowest BCUT2D eigenvalue weighted by atomic mass is 9.93. The molecule has 0 radical (unpaired) electrons. The van der Waals surface area contributed by atoms with E-state index in [9.17, 15) is 17.6 Å². The van der Waals surface area contributed by atoms with Gasteiger partial charge in [0.05, 0.1) is 6.04 Å². The van der Waals surface area contributed by atoms with Crippen LogP contribution in [-0.2, 0) is 0 Å². The molecule has 2 aromatic carbocycles. The summed E-state index contributed by atoms with van der Waals surface area (Å²) in [6.45, 7) is 4.87. The molecule has 0 aromatic heterocycles. The zero-order chi connectivity index (χ0) is 18.7. The van der Waals surface area contributed by atoms with Crippen LogP contribution in [0.2, 0.25) is 0 Å². The van der Waals surface area contributed by atoms with E-state index in [0.29, 0.717) is 5.56 Å². The molecule has 1 heterocycles. The number of hydrogen-bond donors (Lipinski definition) is 1. The summed E-state index contributed by atoms with van der Waals surface area (Å²) in [7, 11) is 0. The molecule has 0 amide bonds. The summed E-state index contributed by atoms with van der Waals surface area (Å²) >= 11 is 0. The van der Waals surface area contributed by atoms with Crippen LogP contribution in [0, 0.1) is 12.7 Å². The summed E-state index contributed by atoms with van der Waals surface area (Å²) in [4.78, 5) is 2.21. The maximum Gasteiger partial charge on any atom is 0.573 e. The maximum atomic E-state index is 14.1. The molecule has 2 aromatic rings. The van der Waals surface area contributed by atoms with E-state index in [1.54, 1.807) is 25.1 Å². The summed E-state index contributed by atoms with van der Waals surface area (Å²) in [5.41, 5.74) is 2.16. The van der Waals surface area contributed by atoms with Crippen molar-refractivity contribution in [3.8, 4) is 5.75 Å². The van der Waals surface area contributed by atoms with Crippen LogP contribution in [0.5, 0.6) is 5.75 Å². The fraction of sp³-hybridized carbons (Fsp3) is 0.368. The monoisotopic (exact) mass is 368 g/mol. The van der Waals surface area contributed by atoms with E-state index in [-0.39, 0.29) is 17.6 Å². The largest absolute Gasteiger partial charge is 0.573 e. The second-order valence-corrected chi connectivity index (χ2v) is 6.26. The second kappa shape index (κ2) is 7.63. The molecule has 0 aliphatic carbocycles. The van der Waals surface area contributed by atoms with E-state index < -0.39 is 6.36 Å². The van der Waals surface area contributed by atoms with Crippen molar-refractivity contribution in [2.45, 2.75) is 19.3 Å². The molecule has 7 heteroatoms. The number of hydrogen-bond acceptors (Lipinski definition) is 3. The topological polar surface area (TPSA) is 24.5 Å². The summed E-state index contributed by atoms with van der Waals surface area (Å²) < 4.78 is 55.2. The number of nitrogens with zero attached hydrogens (tertiary/aromatic N) is 1. The van der Waals surface area contributed by atoms with Crippen LogP contribution in [0.25, 0.3) is 0 Å². The Morgan fingerprint density at radius 1 is 1.04 bits per heavy atom. The molecule has 1 aliphatic heterocycles. The van der Waals surface area contributed by atoms with Crippen molar-refractivity contribution in [3.05, 3.63) is 65.0 Å². The third kappa shape index (κ3) is 4.34. The van der Waals surface area contributed by atoms with Gasteiger partial charge in [0, 0.05) is 26.2 Å². The van der Waals surface area contributed by atoms with Crippen molar-refractivity contribution < 1.29 is 22.3 Å². The molecule has 3 nitrogen and oxygen atoms in total. The van der Waals surface area contributed by atoms with Gasteiger partial charge in [-0.1, -0.05) is 24.3 Å². The van der Waals surface area contributed by atoms with Gasteiger partial charge in [0.1, 0.15) is 11.6 Å².